The summed E-state index contributed by atoms with van der Waals surface area (Å²) >= 11 is 1.98. The molecule has 0 aromatic heterocycles. The van der Waals surface area contributed by atoms with Crippen molar-refractivity contribution in [2.24, 2.45) is 0 Å². The number of benzene rings is 1. The van der Waals surface area contributed by atoms with Gasteiger partial charge in [0.15, 0.2) is 0 Å². The van der Waals surface area contributed by atoms with Gasteiger partial charge < -0.3 is 0 Å². The molecule has 2 heteroatoms. The predicted octanol–water partition coefficient (Wildman–Crippen LogP) is 10.5. The Morgan fingerprint density at radius 3 is 2.54 bits per heavy atom. The lowest BCUT2D eigenvalue weighted by atomic mass is 9.82. The van der Waals surface area contributed by atoms with Gasteiger partial charge in [0, 0.05) is 10.1 Å². The molecule has 3 aliphatic carbocycles. The second-order valence-electron chi connectivity index (χ2n) is 10.6. The quantitative estimate of drug-likeness (QED) is 0.295. The fourth-order valence-corrected chi connectivity index (χ4v) is 6.54. The largest absolute Gasteiger partial charge is 0.244 e. The highest BCUT2D eigenvalue weighted by Gasteiger charge is 2.30. The number of hydrogen-bond donors (Lipinski definition) is 0. The lowest BCUT2D eigenvalue weighted by molar-refractivity contribution is 0.0976. The smallest absolute Gasteiger partial charge is 0.111 e. The minimum atomic E-state index is -0.994. The average Bonchev–Trinajstić information content (AvgIpc) is 3.65. The lowest BCUT2D eigenvalue weighted by Gasteiger charge is -2.29. The molecule has 0 unspecified atom stereocenters. The zero-order chi connectivity index (χ0) is 25.0. The second-order valence-corrected chi connectivity index (χ2v) is 12.0. The molecule has 0 aliphatic heterocycles. The first-order valence-corrected chi connectivity index (χ1v) is 14.3. The van der Waals surface area contributed by atoms with Crippen molar-refractivity contribution < 1.29 is 4.39 Å². The highest BCUT2D eigenvalue weighted by molar-refractivity contribution is 8.00. The Morgan fingerprint density at radius 1 is 1.17 bits per heavy atom. The van der Waals surface area contributed by atoms with Gasteiger partial charge >= 0.3 is 0 Å². The minimum absolute atomic E-state index is 0.610. The fourth-order valence-electron chi connectivity index (χ4n) is 5.43. The summed E-state index contributed by atoms with van der Waals surface area (Å²) in [6.45, 7) is 13.2. The Labute approximate surface area is 216 Å². The van der Waals surface area contributed by atoms with Crippen molar-refractivity contribution in [3.8, 4) is 0 Å². The molecule has 186 valence electrons. The van der Waals surface area contributed by atoms with Crippen LogP contribution < -0.4 is 0 Å². The third-order valence-electron chi connectivity index (χ3n) is 7.66. The Kier molecular flexibility index (Phi) is 8.42. The van der Waals surface area contributed by atoms with Gasteiger partial charge in [0.05, 0.1) is 0 Å². The van der Waals surface area contributed by atoms with Crippen LogP contribution in [0.5, 0.6) is 0 Å². The summed E-state index contributed by atoms with van der Waals surface area (Å²) in [5.41, 5.74) is 8.84. The van der Waals surface area contributed by atoms with Gasteiger partial charge in [0.25, 0.3) is 0 Å². The topological polar surface area (TPSA) is 0 Å². The molecule has 0 nitrogen and oxygen atoms in total. The van der Waals surface area contributed by atoms with E-state index in [9.17, 15) is 0 Å². The van der Waals surface area contributed by atoms with Gasteiger partial charge in [-0.25, -0.2) is 4.39 Å². The molecule has 0 spiro atoms. The minimum Gasteiger partial charge on any atom is -0.244 e. The molecule has 2 saturated carbocycles. The van der Waals surface area contributed by atoms with E-state index in [1.165, 1.54) is 52.0 Å². The van der Waals surface area contributed by atoms with Gasteiger partial charge in [-0.2, -0.15) is 0 Å². The Hall–Kier alpha value is -2.06. The Morgan fingerprint density at radius 2 is 1.91 bits per heavy atom. The van der Waals surface area contributed by atoms with E-state index < -0.39 is 5.67 Å². The number of halogens is 1. The third kappa shape index (κ3) is 6.58. The molecule has 0 atom stereocenters. The molecular weight excluding hydrogens is 447 g/mol. The highest BCUT2D eigenvalue weighted by Crippen LogP contribution is 2.41. The third-order valence-corrected chi connectivity index (χ3v) is 8.99. The number of alkyl halides is 1. The number of thioether (sulfide) groups is 1. The molecule has 2 fully saturated rings. The molecule has 0 bridgehead atoms. The van der Waals surface area contributed by atoms with E-state index in [1.807, 2.05) is 11.8 Å². The van der Waals surface area contributed by atoms with Crippen LogP contribution in [0.2, 0.25) is 0 Å². The van der Waals surface area contributed by atoms with Gasteiger partial charge in [0.2, 0.25) is 0 Å². The Balaban J connectivity index is 1.60. The highest BCUT2D eigenvalue weighted by atomic mass is 32.2. The monoisotopic (exact) mass is 488 g/mol. The van der Waals surface area contributed by atoms with Crippen LogP contribution in [0.25, 0.3) is 5.57 Å². The molecule has 4 rings (SSSR count). The maximum absolute atomic E-state index is 15.3. The number of allylic oxidation sites excluding steroid dienone is 11. The van der Waals surface area contributed by atoms with Gasteiger partial charge in [-0.3, -0.25) is 0 Å². The van der Waals surface area contributed by atoms with Crippen molar-refractivity contribution >= 4 is 17.3 Å². The van der Waals surface area contributed by atoms with E-state index in [1.54, 1.807) is 0 Å². The van der Waals surface area contributed by atoms with Crippen LogP contribution in [-0.2, 0) is 0 Å². The lowest BCUT2D eigenvalue weighted by Crippen LogP contribution is -2.25. The Bertz CT molecular complexity index is 1110. The normalized spacial score (nSPS) is 21.1. The van der Waals surface area contributed by atoms with Crippen LogP contribution in [0.15, 0.2) is 93.5 Å². The van der Waals surface area contributed by atoms with E-state index in [0.29, 0.717) is 6.42 Å². The van der Waals surface area contributed by atoms with Gasteiger partial charge in [-0.1, -0.05) is 62.3 Å². The molecule has 3 aliphatic rings. The van der Waals surface area contributed by atoms with E-state index in [-0.39, 0.29) is 0 Å². The molecule has 0 saturated heterocycles. The van der Waals surface area contributed by atoms with Crippen LogP contribution in [-0.4, -0.2) is 10.9 Å². The van der Waals surface area contributed by atoms with Crippen LogP contribution in [0.1, 0.15) is 91.0 Å². The van der Waals surface area contributed by atoms with Crippen LogP contribution in [0.3, 0.4) is 0 Å². The van der Waals surface area contributed by atoms with Crippen LogP contribution in [0, 0.1) is 0 Å². The summed E-state index contributed by atoms with van der Waals surface area (Å²) in [4.78, 5) is 1.32. The van der Waals surface area contributed by atoms with Crippen molar-refractivity contribution in [2.75, 3.05) is 0 Å². The van der Waals surface area contributed by atoms with E-state index in [4.69, 9.17) is 0 Å². The average molecular weight is 489 g/mol. The predicted molar refractivity (Wildman–Crippen MR) is 153 cm³/mol. The zero-order valence-corrected chi connectivity index (χ0v) is 22.9. The van der Waals surface area contributed by atoms with Gasteiger partial charge in [-0.05, 0) is 123 Å². The van der Waals surface area contributed by atoms with Crippen molar-refractivity contribution in [2.45, 2.75) is 101 Å². The number of hydrogen-bond acceptors (Lipinski definition) is 1. The van der Waals surface area contributed by atoms with Crippen molar-refractivity contribution in [3.05, 3.63) is 94.2 Å². The van der Waals surface area contributed by atoms with Crippen molar-refractivity contribution in [1.82, 2.24) is 0 Å². The van der Waals surface area contributed by atoms with Crippen LogP contribution >= 0.6 is 11.8 Å². The SMILES string of the molecule is C=C(/C(C)=C\C(=C/C)C1=C(C)C=C1C)/C(=C\CCC1(F)CCCCC1)c1cccc(SC2CC2)c1. The number of rotatable bonds is 10. The molecule has 0 amide bonds. The van der Waals surface area contributed by atoms with E-state index >= 15 is 4.39 Å². The molecule has 0 heterocycles. The maximum atomic E-state index is 15.3. The fraction of sp³-hybridized carbons (Fsp3) is 0.455. The van der Waals surface area contributed by atoms with Gasteiger partial charge in [-0.15, -0.1) is 11.8 Å². The molecular formula is C33H41FS. The summed E-state index contributed by atoms with van der Waals surface area (Å²) in [6.07, 6.45) is 17.6. The first-order chi connectivity index (χ1) is 16.8. The second kappa shape index (κ2) is 11.3. The molecule has 35 heavy (non-hydrogen) atoms. The summed E-state index contributed by atoms with van der Waals surface area (Å²) in [5, 5.41) is 0.771. The van der Waals surface area contributed by atoms with E-state index in [2.05, 4.69) is 82.8 Å². The zero-order valence-electron chi connectivity index (χ0n) is 22.1. The van der Waals surface area contributed by atoms with E-state index in [0.717, 1.165) is 54.1 Å². The first-order valence-electron chi connectivity index (χ1n) is 13.4. The molecule has 0 radical (unpaired) electrons. The summed E-state index contributed by atoms with van der Waals surface area (Å²) in [6, 6.07) is 8.87. The van der Waals surface area contributed by atoms with Gasteiger partial charge in [0.1, 0.15) is 5.67 Å². The summed E-state index contributed by atoms with van der Waals surface area (Å²) in [7, 11) is 0. The standard InChI is InChI=1S/C33H41FS/c1-6-27(32-24(3)20-25(32)4)21-23(2)26(5)31(14-11-19-33(34)17-8-7-9-18-33)28-12-10-13-30(22-28)35-29-15-16-29/h6,10,12-14,20-22,29H,5,7-9,11,15-19H2,1-4H3/b23-21-,27-6+,31-14+. The first kappa shape index (κ1) is 26.0. The van der Waals surface area contributed by atoms with Crippen LogP contribution in [0.4, 0.5) is 4.39 Å². The summed E-state index contributed by atoms with van der Waals surface area (Å²) in [5.74, 6) is 0. The summed E-state index contributed by atoms with van der Waals surface area (Å²) < 4.78 is 15.3. The van der Waals surface area contributed by atoms with Crippen molar-refractivity contribution in [1.29, 1.82) is 0 Å². The molecule has 1 aromatic carbocycles. The maximum Gasteiger partial charge on any atom is 0.111 e. The molecule has 0 N–H and O–H groups in total. The van der Waals surface area contributed by atoms with Crippen molar-refractivity contribution in [3.63, 3.8) is 0 Å². The molecule has 1 aromatic rings.